The van der Waals surface area contributed by atoms with Crippen LogP contribution in [-0.4, -0.2) is 11.0 Å². The molecular formula is C19H20N2O2. The third-order valence-electron chi connectivity index (χ3n) is 3.82. The molecule has 0 aliphatic carbocycles. The number of nitrogens with one attached hydrogen (secondary N) is 1. The van der Waals surface area contributed by atoms with Crippen molar-refractivity contribution in [2.24, 2.45) is 0 Å². The molecule has 0 aliphatic heterocycles. The average Bonchev–Trinajstić information content (AvgIpc) is 2.55. The zero-order valence-electron chi connectivity index (χ0n) is 13.3. The molecule has 0 spiro atoms. The third-order valence-corrected chi connectivity index (χ3v) is 3.82. The minimum Gasteiger partial charge on any atom is -0.385 e. The molecule has 1 amide bonds. The average molecular weight is 308 g/mol. The van der Waals surface area contributed by atoms with Gasteiger partial charge in [0.1, 0.15) is 0 Å². The van der Waals surface area contributed by atoms with E-state index in [1.807, 2.05) is 37.3 Å². The second-order valence-electron chi connectivity index (χ2n) is 5.84. The second kappa shape index (κ2) is 7.08. The van der Waals surface area contributed by atoms with Crippen molar-refractivity contribution < 1.29 is 9.90 Å². The molecule has 2 N–H and O–H groups in total. The van der Waals surface area contributed by atoms with Gasteiger partial charge in [-0.15, -0.1) is 0 Å². The van der Waals surface area contributed by atoms with E-state index in [1.165, 1.54) is 0 Å². The molecule has 0 aliphatic rings. The van der Waals surface area contributed by atoms with E-state index in [2.05, 4.69) is 11.4 Å². The molecule has 0 saturated heterocycles. The van der Waals surface area contributed by atoms with Crippen LogP contribution in [0, 0.1) is 11.3 Å². The minimum absolute atomic E-state index is 0.0162. The predicted molar refractivity (Wildman–Crippen MR) is 88.3 cm³/mol. The highest BCUT2D eigenvalue weighted by molar-refractivity contribution is 5.77. The van der Waals surface area contributed by atoms with E-state index in [0.717, 1.165) is 5.56 Å². The number of amides is 1. The van der Waals surface area contributed by atoms with E-state index in [4.69, 9.17) is 5.26 Å². The number of carbonyl (C=O) groups is 1. The standard InChI is InChI=1S/C19H20N2O2/c1-14(16-10-8-15(13-20)9-11-16)21-18(22)12-19(2,23)17-6-4-3-5-7-17/h3-11,14,23H,12H2,1-2H3,(H,21,22). The van der Waals surface area contributed by atoms with Gasteiger partial charge in [-0.2, -0.15) is 5.26 Å². The van der Waals surface area contributed by atoms with Gasteiger partial charge in [0.25, 0.3) is 0 Å². The van der Waals surface area contributed by atoms with Crippen LogP contribution in [0.5, 0.6) is 0 Å². The van der Waals surface area contributed by atoms with Crippen LogP contribution in [0.3, 0.4) is 0 Å². The molecule has 2 aromatic carbocycles. The Morgan fingerprint density at radius 2 is 1.83 bits per heavy atom. The van der Waals surface area contributed by atoms with Gasteiger partial charge in [0.15, 0.2) is 0 Å². The Balaban J connectivity index is 1.99. The molecule has 4 heteroatoms. The van der Waals surface area contributed by atoms with Crippen molar-refractivity contribution in [2.45, 2.75) is 31.9 Å². The number of nitrogens with zero attached hydrogens (tertiary/aromatic N) is 1. The highest BCUT2D eigenvalue weighted by Gasteiger charge is 2.27. The molecule has 2 rings (SSSR count). The summed E-state index contributed by atoms with van der Waals surface area (Å²) in [6.07, 6.45) is -0.0162. The molecule has 2 aromatic rings. The first-order valence-electron chi connectivity index (χ1n) is 7.50. The molecule has 2 atom stereocenters. The molecule has 0 aromatic heterocycles. The summed E-state index contributed by atoms with van der Waals surface area (Å²) >= 11 is 0. The molecule has 0 heterocycles. The van der Waals surface area contributed by atoms with Gasteiger partial charge >= 0.3 is 0 Å². The Bertz CT molecular complexity index is 700. The monoisotopic (exact) mass is 308 g/mol. The van der Waals surface area contributed by atoms with E-state index in [9.17, 15) is 9.90 Å². The molecule has 0 bridgehead atoms. The van der Waals surface area contributed by atoms with E-state index in [0.29, 0.717) is 11.1 Å². The van der Waals surface area contributed by atoms with Gasteiger partial charge in [0.2, 0.25) is 5.91 Å². The fraction of sp³-hybridized carbons (Fsp3) is 0.263. The molecule has 4 nitrogen and oxygen atoms in total. The van der Waals surface area contributed by atoms with Crippen LogP contribution in [-0.2, 0) is 10.4 Å². The Morgan fingerprint density at radius 1 is 1.22 bits per heavy atom. The van der Waals surface area contributed by atoms with Crippen LogP contribution in [0.2, 0.25) is 0 Å². The van der Waals surface area contributed by atoms with Crippen molar-refractivity contribution in [3.05, 3.63) is 71.3 Å². The number of rotatable bonds is 5. The third kappa shape index (κ3) is 4.41. The molecule has 118 valence electrons. The SMILES string of the molecule is CC(NC(=O)CC(C)(O)c1ccccc1)c1ccc(C#N)cc1. The normalized spacial score (nSPS) is 14.3. The second-order valence-corrected chi connectivity index (χ2v) is 5.84. The van der Waals surface area contributed by atoms with Crippen molar-refractivity contribution in [3.8, 4) is 6.07 Å². The highest BCUT2D eigenvalue weighted by Crippen LogP contribution is 2.24. The Kier molecular flexibility index (Phi) is 5.15. The molecule has 0 saturated carbocycles. The van der Waals surface area contributed by atoms with Crippen molar-refractivity contribution in [3.63, 3.8) is 0 Å². The Labute approximate surface area is 136 Å². The molecule has 2 unspecified atom stereocenters. The lowest BCUT2D eigenvalue weighted by molar-refractivity contribution is -0.126. The number of carbonyl (C=O) groups excluding carboxylic acids is 1. The molecule has 0 fully saturated rings. The van der Waals surface area contributed by atoms with Crippen molar-refractivity contribution in [2.75, 3.05) is 0 Å². The van der Waals surface area contributed by atoms with Crippen LogP contribution in [0.4, 0.5) is 0 Å². The smallest absolute Gasteiger partial charge is 0.223 e. The first kappa shape index (κ1) is 16.7. The van der Waals surface area contributed by atoms with Crippen LogP contribution in [0.1, 0.15) is 43.0 Å². The first-order chi connectivity index (χ1) is 10.9. The van der Waals surface area contributed by atoms with Gasteiger partial charge in [-0.05, 0) is 37.1 Å². The summed E-state index contributed by atoms with van der Waals surface area (Å²) in [7, 11) is 0. The minimum atomic E-state index is -1.21. The molecule has 23 heavy (non-hydrogen) atoms. The van der Waals surface area contributed by atoms with Gasteiger partial charge in [-0.3, -0.25) is 4.79 Å². The van der Waals surface area contributed by atoms with E-state index < -0.39 is 5.60 Å². The zero-order chi connectivity index (χ0) is 16.9. The van der Waals surface area contributed by atoms with E-state index in [1.54, 1.807) is 31.2 Å². The number of hydrogen-bond acceptors (Lipinski definition) is 3. The Morgan fingerprint density at radius 3 is 2.39 bits per heavy atom. The van der Waals surface area contributed by atoms with Crippen LogP contribution >= 0.6 is 0 Å². The summed E-state index contributed by atoms with van der Waals surface area (Å²) < 4.78 is 0. The van der Waals surface area contributed by atoms with Crippen LogP contribution in [0.25, 0.3) is 0 Å². The van der Waals surface area contributed by atoms with E-state index in [-0.39, 0.29) is 18.4 Å². The number of nitriles is 1. The lowest BCUT2D eigenvalue weighted by Crippen LogP contribution is -2.34. The van der Waals surface area contributed by atoms with Crippen LogP contribution < -0.4 is 5.32 Å². The number of benzene rings is 2. The summed E-state index contributed by atoms with van der Waals surface area (Å²) in [6.45, 7) is 3.50. The van der Waals surface area contributed by atoms with E-state index >= 15 is 0 Å². The van der Waals surface area contributed by atoms with Gasteiger partial charge in [0.05, 0.1) is 29.7 Å². The molecule has 0 radical (unpaired) electrons. The highest BCUT2D eigenvalue weighted by atomic mass is 16.3. The number of hydrogen-bond donors (Lipinski definition) is 2. The summed E-state index contributed by atoms with van der Waals surface area (Å²) in [5, 5.41) is 22.2. The maximum Gasteiger partial charge on any atom is 0.223 e. The zero-order valence-corrected chi connectivity index (χ0v) is 13.3. The van der Waals surface area contributed by atoms with Gasteiger partial charge in [-0.1, -0.05) is 42.5 Å². The van der Waals surface area contributed by atoms with Crippen molar-refractivity contribution >= 4 is 5.91 Å². The van der Waals surface area contributed by atoms with Gasteiger partial charge < -0.3 is 10.4 Å². The van der Waals surface area contributed by atoms with Crippen molar-refractivity contribution in [1.82, 2.24) is 5.32 Å². The summed E-state index contributed by atoms with van der Waals surface area (Å²) in [5.74, 6) is -0.226. The van der Waals surface area contributed by atoms with Crippen molar-refractivity contribution in [1.29, 1.82) is 5.26 Å². The maximum atomic E-state index is 12.2. The van der Waals surface area contributed by atoms with Gasteiger partial charge in [-0.25, -0.2) is 0 Å². The maximum absolute atomic E-state index is 12.2. The quantitative estimate of drug-likeness (QED) is 0.891. The summed E-state index contributed by atoms with van der Waals surface area (Å²) in [5.41, 5.74) is 0.993. The Hall–Kier alpha value is -2.64. The predicted octanol–water partition coefficient (Wildman–Crippen LogP) is 3.03. The first-order valence-corrected chi connectivity index (χ1v) is 7.50. The van der Waals surface area contributed by atoms with Crippen LogP contribution in [0.15, 0.2) is 54.6 Å². The lowest BCUT2D eigenvalue weighted by atomic mass is 9.92. The molecular weight excluding hydrogens is 288 g/mol. The number of aliphatic hydroxyl groups is 1. The largest absolute Gasteiger partial charge is 0.385 e. The topological polar surface area (TPSA) is 73.1 Å². The summed E-state index contributed by atoms with van der Waals surface area (Å²) in [4.78, 5) is 12.2. The fourth-order valence-electron chi connectivity index (χ4n) is 2.43. The fourth-order valence-corrected chi connectivity index (χ4v) is 2.43. The van der Waals surface area contributed by atoms with Gasteiger partial charge in [0, 0.05) is 0 Å². The lowest BCUT2D eigenvalue weighted by Gasteiger charge is -2.24. The summed E-state index contributed by atoms with van der Waals surface area (Å²) in [6, 6.07) is 18.1.